The maximum atomic E-state index is 6.10. The Labute approximate surface area is 159 Å². The van der Waals surface area contributed by atoms with Crippen molar-refractivity contribution in [2.75, 3.05) is 11.9 Å². The topological polar surface area (TPSA) is 59.6 Å². The van der Waals surface area contributed by atoms with Gasteiger partial charge in [-0.15, -0.1) is 24.0 Å². The van der Waals surface area contributed by atoms with Gasteiger partial charge in [-0.25, -0.2) is 4.99 Å². The van der Waals surface area contributed by atoms with E-state index in [0.717, 1.165) is 12.1 Å². The number of ether oxygens (including phenoxy) is 1. The van der Waals surface area contributed by atoms with Crippen molar-refractivity contribution in [1.29, 1.82) is 0 Å². The van der Waals surface area contributed by atoms with Crippen molar-refractivity contribution < 1.29 is 4.74 Å². The molecule has 0 bridgehead atoms. The molecule has 2 aromatic carbocycles. The van der Waals surface area contributed by atoms with Crippen molar-refractivity contribution in [3.63, 3.8) is 0 Å². The fourth-order valence-electron chi connectivity index (χ4n) is 1.88. The zero-order valence-corrected chi connectivity index (χ0v) is 16.0. The van der Waals surface area contributed by atoms with Crippen LogP contribution in [0.3, 0.4) is 0 Å². The summed E-state index contributed by atoms with van der Waals surface area (Å²) in [7, 11) is 0. The molecule has 0 aliphatic rings. The molecule has 124 valence electrons. The number of guanidine groups is 1. The van der Waals surface area contributed by atoms with E-state index in [1.165, 1.54) is 0 Å². The van der Waals surface area contributed by atoms with Gasteiger partial charge in [0.15, 0.2) is 5.96 Å². The maximum absolute atomic E-state index is 6.10. The molecule has 0 aromatic heterocycles. The Morgan fingerprint density at radius 1 is 1.17 bits per heavy atom. The molecule has 0 amide bonds. The van der Waals surface area contributed by atoms with Crippen LogP contribution in [0.25, 0.3) is 0 Å². The summed E-state index contributed by atoms with van der Waals surface area (Å²) < 4.78 is 5.87. The van der Waals surface area contributed by atoms with Gasteiger partial charge in [0.05, 0.1) is 11.6 Å². The number of hydrogen-bond donors (Lipinski definition) is 2. The summed E-state index contributed by atoms with van der Waals surface area (Å²) in [4.78, 5) is 4.33. The van der Waals surface area contributed by atoms with Crippen molar-refractivity contribution in [2.45, 2.75) is 19.4 Å². The van der Waals surface area contributed by atoms with E-state index in [1.54, 1.807) is 6.07 Å². The first-order valence-corrected chi connectivity index (χ1v) is 7.60. The zero-order valence-electron chi connectivity index (χ0n) is 12.9. The summed E-state index contributed by atoms with van der Waals surface area (Å²) in [6.07, 6.45) is 0.740. The van der Waals surface area contributed by atoms with Crippen molar-refractivity contribution in [1.82, 2.24) is 0 Å². The average Bonchev–Trinajstić information content (AvgIpc) is 2.54. The molecular formula is C17H21ClIN3O. The van der Waals surface area contributed by atoms with Crippen LogP contribution >= 0.6 is 35.6 Å². The molecule has 1 atom stereocenters. The van der Waals surface area contributed by atoms with Gasteiger partial charge in [-0.2, -0.15) is 0 Å². The molecule has 3 N–H and O–H groups in total. The predicted octanol–water partition coefficient (Wildman–Crippen LogP) is 4.54. The van der Waals surface area contributed by atoms with E-state index in [2.05, 4.69) is 10.3 Å². The summed E-state index contributed by atoms with van der Waals surface area (Å²) in [6.45, 7) is 2.51. The second-order valence-corrected chi connectivity index (χ2v) is 5.20. The number of aliphatic imine (C=N–C) groups is 1. The van der Waals surface area contributed by atoms with Crippen LogP contribution in [0.15, 0.2) is 59.6 Å². The van der Waals surface area contributed by atoms with Crippen LogP contribution < -0.4 is 15.8 Å². The van der Waals surface area contributed by atoms with Gasteiger partial charge in [0.25, 0.3) is 0 Å². The van der Waals surface area contributed by atoms with Gasteiger partial charge >= 0.3 is 0 Å². The van der Waals surface area contributed by atoms with Gasteiger partial charge in [-0.1, -0.05) is 48.9 Å². The lowest BCUT2D eigenvalue weighted by atomic mass is 10.2. The van der Waals surface area contributed by atoms with Gasteiger partial charge in [0, 0.05) is 5.69 Å². The molecule has 0 aliphatic heterocycles. The highest BCUT2D eigenvalue weighted by Crippen LogP contribution is 2.24. The molecule has 0 heterocycles. The number of anilines is 1. The van der Waals surface area contributed by atoms with Crippen LogP contribution in [0.2, 0.25) is 5.02 Å². The smallest absolute Gasteiger partial charge is 0.193 e. The lowest BCUT2D eigenvalue weighted by Crippen LogP contribution is -2.26. The molecule has 4 nitrogen and oxygen atoms in total. The normalized spacial score (nSPS) is 12.2. The van der Waals surface area contributed by atoms with E-state index in [4.69, 9.17) is 22.1 Å². The first-order chi connectivity index (χ1) is 10.7. The lowest BCUT2D eigenvalue weighted by Gasteiger charge is -2.17. The highest BCUT2D eigenvalue weighted by atomic mass is 127. The number of nitrogens with two attached hydrogens (primary N) is 1. The SMILES string of the molecule is CCC(CN=C(N)Nc1ccccc1)Oc1ccccc1Cl.I. The molecule has 0 radical (unpaired) electrons. The summed E-state index contributed by atoms with van der Waals surface area (Å²) in [6, 6.07) is 17.1. The van der Waals surface area contributed by atoms with Crippen LogP contribution in [0.4, 0.5) is 5.69 Å². The van der Waals surface area contributed by atoms with Gasteiger partial charge in [0.1, 0.15) is 11.9 Å². The lowest BCUT2D eigenvalue weighted by molar-refractivity contribution is 0.206. The number of nitrogens with zero attached hydrogens (tertiary/aromatic N) is 1. The van der Waals surface area contributed by atoms with Crippen molar-refractivity contribution in [2.24, 2.45) is 10.7 Å². The van der Waals surface area contributed by atoms with E-state index in [0.29, 0.717) is 23.3 Å². The zero-order chi connectivity index (χ0) is 15.8. The van der Waals surface area contributed by atoms with Gasteiger partial charge in [0.2, 0.25) is 0 Å². The van der Waals surface area contributed by atoms with E-state index in [9.17, 15) is 0 Å². The van der Waals surface area contributed by atoms with Crippen LogP contribution in [-0.2, 0) is 0 Å². The monoisotopic (exact) mass is 445 g/mol. The Kier molecular flexibility index (Phi) is 8.79. The van der Waals surface area contributed by atoms with Gasteiger partial charge in [-0.05, 0) is 30.7 Å². The molecular weight excluding hydrogens is 425 g/mol. The molecule has 6 heteroatoms. The largest absolute Gasteiger partial charge is 0.487 e. The molecule has 2 rings (SSSR count). The number of benzene rings is 2. The highest BCUT2D eigenvalue weighted by Gasteiger charge is 2.10. The fraction of sp³-hybridized carbons (Fsp3) is 0.235. The number of hydrogen-bond acceptors (Lipinski definition) is 2. The average molecular weight is 446 g/mol. The Morgan fingerprint density at radius 2 is 1.83 bits per heavy atom. The Hall–Kier alpha value is -1.47. The Bertz CT molecular complexity index is 622. The van der Waals surface area contributed by atoms with Gasteiger partial charge in [-0.3, -0.25) is 0 Å². The molecule has 2 aromatic rings. The highest BCUT2D eigenvalue weighted by molar-refractivity contribution is 14.0. The quantitative estimate of drug-likeness (QED) is 0.390. The third-order valence-electron chi connectivity index (χ3n) is 3.10. The van der Waals surface area contributed by atoms with Crippen molar-refractivity contribution >= 4 is 47.2 Å². The third-order valence-corrected chi connectivity index (χ3v) is 3.41. The summed E-state index contributed by atoms with van der Waals surface area (Å²) in [5.41, 5.74) is 6.80. The molecule has 1 unspecified atom stereocenters. The van der Waals surface area contributed by atoms with E-state index >= 15 is 0 Å². The molecule has 23 heavy (non-hydrogen) atoms. The Morgan fingerprint density at radius 3 is 2.48 bits per heavy atom. The van der Waals surface area contributed by atoms with Crippen LogP contribution in [0.1, 0.15) is 13.3 Å². The first kappa shape index (κ1) is 19.6. The minimum Gasteiger partial charge on any atom is -0.487 e. The minimum atomic E-state index is -0.0731. The van der Waals surface area contributed by atoms with Gasteiger partial charge < -0.3 is 15.8 Å². The molecule has 0 aliphatic carbocycles. The molecule has 0 saturated carbocycles. The standard InChI is InChI=1S/C17H20ClN3O.HI/c1-2-14(22-16-11-7-6-10-15(16)18)12-20-17(19)21-13-8-4-3-5-9-13;/h3-11,14H,2,12H2,1H3,(H3,19,20,21);1H. The van der Waals surface area contributed by atoms with Crippen molar-refractivity contribution in [3.05, 3.63) is 59.6 Å². The first-order valence-electron chi connectivity index (χ1n) is 7.22. The second-order valence-electron chi connectivity index (χ2n) is 4.80. The number of nitrogens with one attached hydrogen (secondary N) is 1. The second kappa shape index (κ2) is 10.3. The molecule has 0 spiro atoms. The van der Waals surface area contributed by atoms with E-state index < -0.39 is 0 Å². The number of halogens is 2. The van der Waals surface area contributed by atoms with Crippen molar-refractivity contribution in [3.8, 4) is 5.75 Å². The summed E-state index contributed by atoms with van der Waals surface area (Å²) >= 11 is 6.10. The summed E-state index contributed by atoms with van der Waals surface area (Å²) in [5.74, 6) is 1.04. The van der Waals surface area contributed by atoms with Crippen LogP contribution in [0.5, 0.6) is 5.75 Å². The minimum absolute atomic E-state index is 0. The van der Waals surface area contributed by atoms with E-state index in [-0.39, 0.29) is 30.1 Å². The molecule has 0 fully saturated rings. The third kappa shape index (κ3) is 6.66. The summed E-state index contributed by atoms with van der Waals surface area (Å²) in [5, 5.41) is 3.64. The number of para-hydroxylation sites is 2. The Balaban J connectivity index is 0.00000264. The maximum Gasteiger partial charge on any atom is 0.193 e. The van der Waals surface area contributed by atoms with Crippen LogP contribution in [0, 0.1) is 0 Å². The predicted molar refractivity (Wildman–Crippen MR) is 108 cm³/mol. The fourth-order valence-corrected chi connectivity index (χ4v) is 2.06. The van der Waals surface area contributed by atoms with Crippen LogP contribution in [-0.4, -0.2) is 18.6 Å². The molecule has 0 saturated heterocycles. The van der Waals surface area contributed by atoms with E-state index in [1.807, 2.05) is 55.5 Å². The number of rotatable bonds is 6.